The van der Waals surface area contributed by atoms with E-state index in [1.165, 1.54) is 0 Å². The molecular formula is C12H14O3. The SMILES string of the molecule is C[C@]1(OC(=O)c2ccccc2)CCOC1. The Morgan fingerprint density at radius 2 is 2.13 bits per heavy atom. The van der Waals surface area contributed by atoms with E-state index < -0.39 is 5.60 Å². The van der Waals surface area contributed by atoms with Gasteiger partial charge in [-0.05, 0) is 19.1 Å². The van der Waals surface area contributed by atoms with Gasteiger partial charge >= 0.3 is 5.97 Å². The summed E-state index contributed by atoms with van der Waals surface area (Å²) in [6.45, 7) is 3.06. The van der Waals surface area contributed by atoms with E-state index in [4.69, 9.17) is 9.47 Å². The Kier molecular flexibility index (Phi) is 2.73. The molecule has 15 heavy (non-hydrogen) atoms. The van der Waals surface area contributed by atoms with E-state index >= 15 is 0 Å². The van der Waals surface area contributed by atoms with Gasteiger partial charge in [0, 0.05) is 6.42 Å². The molecule has 0 aromatic heterocycles. The zero-order chi connectivity index (χ0) is 10.7. The van der Waals surface area contributed by atoms with Crippen LogP contribution < -0.4 is 0 Å². The number of benzene rings is 1. The fourth-order valence-electron chi connectivity index (χ4n) is 1.59. The highest BCUT2D eigenvalue weighted by molar-refractivity contribution is 5.89. The predicted octanol–water partition coefficient (Wildman–Crippen LogP) is 2.02. The van der Waals surface area contributed by atoms with Gasteiger partial charge in [0.1, 0.15) is 5.60 Å². The maximum Gasteiger partial charge on any atom is 0.338 e. The van der Waals surface area contributed by atoms with Crippen LogP contribution in [0.1, 0.15) is 23.7 Å². The molecule has 0 unspecified atom stereocenters. The van der Waals surface area contributed by atoms with Crippen LogP contribution >= 0.6 is 0 Å². The summed E-state index contributed by atoms with van der Waals surface area (Å²) in [5.74, 6) is -0.274. The third-order valence-electron chi connectivity index (χ3n) is 2.53. The second-order valence-corrected chi connectivity index (χ2v) is 4.01. The quantitative estimate of drug-likeness (QED) is 0.694. The Morgan fingerprint density at radius 1 is 1.40 bits per heavy atom. The lowest BCUT2D eigenvalue weighted by atomic mass is 10.1. The Morgan fingerprint density at radius 3 is 2.73 bits per heavy atom. The molecule has 1 aliphatic rings. The predicted molar refractivity (Wildman–Crippen MR) is 55.7 cm³/mol. The molecule has 2 rings (SSSR count). The molecule has 0 spiro atoms. The van der Waals surface area contributed by atoms with E-state index in [1.54, 1.807) is 12.1 Å². The lowest BCUT2D eigenvalue weighted by molar-refractivity contribution is -0.0133. The number of ether oxygens (including phenoxy) is 2. The van der Waals surface area contributed by atoms with E-state index in [0.717, 1.165) is 6.42 Å². The molecule has 0 N–H and O–H groups in total. The first-order valence-electron chi connectivity index (χ1n) is 5.06. The fourth-order valence-corrected chi connectivity index (χ4v) is 1.59. The molecule has 1 fully saturated rings. The van der Waals surface area contributed by atoms with Gasteiger partial charge in [-0.15, -0.1) is 0 Å². The van der Waals surface area contributed by atoms with Crippen LogP contribution in [0.5, 0.6) is 0 Å². The van der Waals surface area contributed by atoms with Crippen LogP contribution in [0.3, 0.4) is 0 Å². The number of esters is 1. The second kappa shape index (κ2) is 4.03. The molecule has 0 bridgehead atoms. The van der Waals surface area contributed by atoms with Crippen molar-refractivity contribution in [2.24, 2.45) is 0 Å². The van der Waals surface area contributed by atoms with Gasteiger partial charge in [-0.3, -0.25) is 0 Å². The molecule has 0 saturated carbocycles. The Hall–Kier alpha value is -1.35. The van der Waals surface area contributed by atoms with Crippen molar-refractivity contribution in [1.29, 1.82) is 0 Å². The number of carbonyl (C=O) groups excluding carboxylic acids is 1. The second-order valence-electron chi connectivity index (χ2n) is 4.01. The smallest absolute Gasteiger partial charge is 0.338 e. The first-order chi connectivity index (χ1) is 7.20. The third-order valence-corrected chi connectivity index (χ3v) is 2.53. The van der Waals surface area contributed by atoms with E-state index in [0.29, 0.717) is 18.8 Å². The topological polar surface area (TPSA) is 35.5 Å². The van der Waals surface area contributed by atoms with Crippen molar-refractivity contribution >= 4 is 5.97 Å². The zero-order valence-corrected chi connectivity index (χ0v) is 8.73. The van der Waals surface area contributed by atoms with Crippen molar-refractivity contribution in [3.05, 3.63) is 35.9 Å². The molecule has 1 heterocycles. The highest BCUT2D eigenvalue weighted by Gasteiger charge is 2.33. The van der Waals surface area contributed by atoms with Crippen LogP contribution in [0, 0.1) is 0 Å². The number of hydrogen-bond donors (Lipinski definition) is 0. The average Bonchev–Trinajstić information content (AvgIpc) is 2.66. The maximum absolute atomic E-state index is 11.7. The van der Waals surface area contributed by atoms with Gasteiger partial charge < -0.3 is 9.47 Å². The average molecular weight is 206 g/mol. The summed E-state index contributed by atoms with van der Waals surface area (Å²) in [5.41, 5.74) is 0.137. The van der Waals surface area contributed by atoms with Crippen LogP contribution in [-0.4, -0.2) is 24.8 Å². The van der Waals surface area contributed by atoms with Crippen molar-refractivity contribution in [2.75, 3.05) is 13.2 Å². The molecule has 1 aromatic rings. The fraction of sp³-hybridized carbons (Fsp3) is 0.417. The van der Waals surface area contributed by atoms with Gasteiger partial charge in [-0.2, -0.15) is 0 Å². The monoisotopic (exact) mass is 206 g/mol. The summed E-state index contributed by atoms with van der Waals surface area (Å²) in [5, 5.41) is 0. The highest BCUT2D eigenvalue weighted by atomic mass is 16.6. The Bertz CT molecular complexity index is 339. The first kappa shape index (κ1) is 10.2. The molecule has 0 radical (unpaired) electrons. The summed E-state index contributed by atoms with van der Waals surface area (Å²) in [4.78, 5) is 11.7. The minimum atomic E-state index is -0.451. The molecule has 3 heteroatoms. The van der Waals surface area contributed by atoms with Crippen LogP contribution in [0.15, 0.2) is 30.3 Å². The van der Waals surface area contributed by atoms with Gasteiger partial charge in [0.15, 0.2) is 0 Å². The van der Waals surface area contributed by atoms with E-state index in [2.05, 4.69) is 0 Å². The zero-order valence-electron chi connectivity index (χ0n) is 8.73. The third kappa shape index (κ3) is 2.36. The van der Waals surface area contributed by atoms with Crippen molar-refractivity contribution < 1.29 is 14.3 Å². The van der Waals surface area contributed by atoms with Crippen LogP contribution in [0.25, 0.3) is 0 Å². The largest absolute Gasteiger partial charge is 0.453 e. The van der Waals surface area contributed by atoms with Crippen molar-refractivity contribution in [3.8, 4) is 0 Å². The molecule has 3 nitrogen and oxygen atoms in total. The summed E-state index contributed by atoms with van der Waals surface area (Å²) in [6.07, 6.45) is 0.769. The molecule has 1 saturated heterocycles. The lowest BCUT2D eigenvalue weighted by Crippen LogP contribution is -2.31. The summed E-state index contributed by atoms with van der Waals surface area (Å²) in [6, 6.07) is 9.02. The number of hydrogen-bond acceptors (Lipinski definition) is 3. The van der Waals surface area contributed by atoms with Crippen LogP contribution in [-0.2, 0) is 9.47 Å². The van der Waals surface area contributed by atoms with Crippen LogP contribution in [0.2, 0.25) is 0 Å². The standard InChI is InChI=1S/C12H14O3/c1-12(7-8-14-9-12)15-11(13)10-5-3-2-4-6-10/h2-6H,7-9H2,1H3/t12-/m0/s1. The van der Waals surface area contributed by atoms with E-state index in [1.807, 2.05) is 25.1 Å². The maximum atomic E-state index is 11.7. The van der Waals surface area contributed by atoms with E-state index in [-0.39, 0.29) is 5.97 Å². The molecule has 0 aliphatic carbocycles. The van der Waals surface area contributed by atoms with Gasteiger partial charge in [0.25, 0.3) is 0 Å². The first-order valence-corrected chi connectivity index (χ1v) is 5.06. The van der Waals surface area contributed by atoms with Gasteiger partial charge in [0.05, 0.1) is 18.8 Å². The van der Waals surface area contributed by atoms with Crippen molar-refractivity contribution in [1.82, 2.24) is 0 Å². The van der Waals surface area contributed by atoms with Gasteiger partial charge in [-0.25, -0.2) is 4.79 Å². The summed E-state index contributed by atoms with van der Waals surface area (Å²) < 4.78 is 10.6. The molecule has 80 valence electrons. The minimum absolute atomic E-state index is 0.274. The molecule has 1 aliphatic heterocycles. The number of carbonyl (C=O) groups is 1. The number of rotatable bonds is 2. The summed E-state index contributed by atoms with van der Waals surface area (Å²) >= 11 is 0. The molecule has 1 atom stereocenters. The minimum Gasteiger partial charge on any atom is -0.453 e. The lowest BCUT2D eigenvalue weighted by Gasteiger charge is -2.22. The van der Waals surface area contributed by atoms with Gasteiger partial charge in [-0.1, -0.05) is 18.2 Å². The highest BCUT2D eigenvalue weighted by Crippen LogP contribution is 2.23. The normalized spacial score (nSPS) is 25.1. The summed E-state index contributed by atoms with van der Waals surface area (Å²) in [7, 11) is 0. The van der Waals surface area contributed by atoms with E-state index in [9.17, 15) is 4.79 Å². The Labute approximate surface area is 89.0 Å². The molecule has 1 aromatic carbocycles. The van der Waals surface area contributed by atoms with Gasteiger partial charge in [0.2, 0.25) is 0 Å². The van der Waals surface area contributed by atoms with Crippen molar-refractivity contribution in [3.63, 3.8) is 0 Å². The van der Waals surface area contributed by atoms with Crippen molar-refractivity contribution in [2.45, 2.75) is 18.9 Å². The molecular weight excluding hydrogens is 192 g/mol. The van der Waals surface area contributed by atoms with Crippen LogP contribution in [0.4, 0.5) is 0 Å². The molecule has 0 amide bonds. The Balaban J connectivity index is 2.04.